The van der Waals surface area contributed by atoms with Gasteiger partial charge >= 0.3 is 0 Å². The minimum absolute atomic E-state index is 0.00624. The van der Waals surface area contributed by atoms with E-state index in [0.29, 0.717) is 31.1 Å². The lowest BCUT2D eigenvalue weighted by molar-refractivity contribution is -0.117. The third-order valence-electron chi connectivity index (χ3n) is 6.66. The topological polar surface area (TPSA) is 69.6 Å². The molecule has 1 atom stereocenters. The fourth-order valence-electron chi connectivity index (χ4n) is 4.87. The molecule has 3 aromatic heterocycles. The maximum atomic E-state index is 13.0. The first-order valence-electron chi connectivity index (χ1n) is 11.3. The molecule has 1 unspecified atom stereocenters. The van der Waals surface area contributed by atoms with Gasteiger partial charge in [-0.1, -0.05) is 12.1 Å². The summed E-state index contributed by atoms with van der Waals surface area (Å²) in [6.07, 6.45) is 3.99. The summed E-state index contributed by atoms with van der Waals surface area (Å²) in [7, 11) is 0. The van der Waals surface area contributed by atoms with Crippen molar-refractivity contribution in [3.05, 3.63) is 64.6 Å². The van der Waals surface area contributed by atoms with E-state index < -0.39 is 0 Å². The highest BCUT2D eigenvalue weighted by Gasteiger charge is 2.36. The number of carbonyl (C=O) groups is 2. The van der Waals surface area contributed by atoms with Crippen molar-refractivity contribution in [2.75, 3.05) is 37.6 Å². The van der Waals surface area contributed by atoms with Gasteiger partial charge in [-0.25, -0.2) is 9.97 Å². The van der Waals surface area contributed by atoms with E-state index in [0.717, 1.165) is 40.1 Å². The lowest BCUT2D eigenvalue weighted by Gasteiger charge is -2.37. The number of amides is 2. The molecule has 2 fully saturated rings. The zero-order valence-corrected chi connectivity index (χ0v) is 20.1. The van der Waals surface area contributed by atoms with Gasteiger partial charge in [0, 0.05) is 85.0 Å². The Hall–Kier alpha value is -3.14. The minimum Gasteiger partial charge on any atom is -0.334 e. The van der Waals surface area contributed by atoms with Gasteiger partial charge in [-0.15, -0.1) is 22.7 Å². The number of aromatic nitrogens is 2. The summed E-state index contributed by atoms with van der Waals surface area (Å²) in [5.41, 5.74) is 3.19. The van der Waals surface area contributed by atoms with E-state index in [-0.39, 0.29) is 17.9 Å². The van der Waals surface area contributed by atoms with Crippen LogP contribution in [0.15, 0.2) is 59.6 Å². The number of nitrogens with zero attached hydrogens (tertiary/aromatic N) is 5. The monoisotopic (exact) mass is 489 g/mol. The predicted octanol–water partition coefficient (Wildman–Crippen LogP) is 3.98. The van der Waals surface area contributed by atoms with Crippen molar-refractivity contribution < 1.29 is 9.59 Å². The van der Waals surface area contributed by atoms with Crippen molar-refractivity contribution >= 4 is 50.4 Å². The van der Waals surface area contributed by atoms with E-state index in [9.17, 15) is 9.59 Å². The SMILES string of the molecule is O=C(c1nccs1)N1CCN(C2CC(=O)N(c3cccc(-c4csc5ncccc45)c3)C2)CC1. The first-order valence-corrected chi connectivity index (χ1v) is 13.1. The Morgan fingerprint density at radius 3 is 2.71 bits per heavy atom. The lowest BCUT2D eigenvalue weighted by atomic mass is 10.1. The van der Waals surface area contributed by atoms with Gasteiger partial charge in [-0.2, -0.15) is 0 Å². The number of anilines is 1. The number of rotatable bonds is 4. The van der Waals surface area contributed by atoms with Crippen LogP contribution in [0.1, 0.15) is 16.2 Å². The molecular weight excluding hydrogens is 466 g/mol. The van der Waals surface area contributed by atoms with Crippen LogP contribution in [0, 0.1) is 0 Å². The van der Waals surface area contributed by atoms with Crippen molar-refractivity contribution in [2.24, 2.45) is 0 Å². The average molecular weight is 490 g/mol. The summed E-state index contributed by atoms with van der Waals surface area (Å²) in [6.45, 7) is 3.55. The summed E-state index contributed by atoms with van der Waals surface area (Å²) in [5.74, 6) is 0.159. The maximum absolute atomic E-state index is 13.0. The molecule has 9 heteroatoms. The Balaban J connectivity index is 1.15. The van der Waals surface area contributed by atoms with Crippen LogP contribution in [0.2, 0.25) is 0 Å². The molecule has 0 N–H and O–H groups in total. The van der Waals surface area contributed by atoms with Crippen molar-refractivity contribution in [2.45, 2.75) is 12.5 Å². The molecular formula is C25H23N5O2S2. The molecule has 4 aromatic rings. The highest BCUT2D eigenvalue weighted by molar-refractivity contribution is 7.17. The van der Waals surface area contributed by atoms with Gasteiger partial charge in [0.1, 0.15) is 4.83 Å². The van der Waals surface area contributed by atoms with Crippen LogP contribution in [-0.2, 0) is 4.79 Å². The number of hydrogen-bond acceptors (Lipinski definition) is 7. The number of thiazole rings is 1. The molecule has 0 radical (unpaired) electrons. The lowest BCUT2D eigenvalue weighted by Crippen LogP contribution is -2.52. The van der Waals surface area contributed by atoms with Gasteiger partial charge in [0.15, 0.2) is 5.01 Å². The zero-order chi connectivity index (χ0) is 23.1. The van der Waals surface area contributed by atoms with E-state index >= 15 is 0 Å². The van der Waals surface area contributed by atoms with Crippen molar-refractivity contribution in [1.82, 2.24) is 19.8 Å². The number of piperazine rings is 1. The summed E-state index contributed by atoms with van der Waals surface area (Å²) < 4.78 is 0. The van der Waals surface area contributed by atoms with E-state index in [4.69, 9.17) is 0 Å². The van der Waals surface area contributed by atoms with Crippen LogP contribution in [0.25, 0.3) is 21.3 Å². The zero-order valence-electron chi connectivity index (χ0n) is 18.5. The highest BCUT2D eigenvalue weighted by atomic mass is 32.1. The van der Waals surface area contributed by atoms with Gasteiger partial charge in [0.05, 0.1) is 0 Å². The van der Waals surface area contributed by atoms with E-state index in [1.165, 1.54) is 11.3 Å². The first kappa shape index (κ1) is 21.4. The quantitative estimate of drug-likeness (QED) is 0.434. The van der Waals surface area contributed by atoms with E-state index in [1.54, 1.807) is 17.5 Å². The fraction of sp³-hybridized carbons (Fsp3) is 0.280. The molecule has 34 heavy (non-hydrogen) atoms. The summed E-state index contributed by atoms with van der Waals surface area (Å²) >= 11 is 3.02. The molecule has 172 valence electrons. The van der Waals surface area contributed by atoms with Crippen LogP contribution >= 0.6 is 22.7 Å². The van der Waals surface area contributed by atoms with Crippen LogP contribution in [-0.4, -0.2) is 70.3 Å². The van der Waals surface area contributed by atoms with Gasteiger partial charge in [0.25, 0.3) is 5.91 Å². The Bertz CT molecular complexity index is 1340. The molecule has 7 nitrogen and oxygen atoms in total. The third-order valence-corrected chi connectivity index (χ3v) is 8.32. The first-order chi connectivity index (χ1) is 16.7. The molecule has 5 heterocycles. The van der Waals surface area contributed by atoms with Crippen molar-refractivity contribution in [3.8, 4) is 11.1 Å². The van der Waals surface area contributed by atoms with Crippen LogP contribution in [0.3, 0.4) is 0 Å². The van der Waals surface area contributed by atoms with Crippen molar-refractivity contribution in [1.29, 1.82) is 0 Å². The smallest absolute Gasteiger partial charge is 0.282 e. The Kier molecular flexibility index (Phi) is 5.60. The molecule has 0 spiro atoms. The Morgan fingerprint density at radius 1 is 1.00 bits per heavy atom. The van der Waals surface area contributed by atoms with Crippen LogP contribution in [0.5, 0.6) is 0 Å². The minimum atomic E-state index is 0.00624. The summed E-state index contributed by atoms with van der Waals surface area (Å²) in [5, 5.41) is 5.65. The maximum Gasteiger partial charge on any atom is 0.282 e. The highest BCUT2D eigenvalue weighted by Crippen LogP contribution is 2.35. The number of benzene rings is 1. The van der Waals surface area contributed by atoms with Gasteiger partial charge in [-0.3, -0.25) is 14.5 Å². The fourth-order valence-corrected chi connectivity index (χ4v) is 6.39. The van der Waals surface area contributed by atoms with Crippen LogP contribution < -0.4 is 4.90 Å². The molecule has 2 amide bonds. The van der Waals surface area contributed by atoms with Crippen LogP contribution in [0.4, 0.5) is 5.69 Å². The molecule has 6 rings (SSSR count). The second kappa shape index (κ2) is 8.90. The molecule has 2 aliphatic rings. The average Bonchev–Trinajstić information content (AvgIpc) is 3.64. The number of hydrogen-bond donors (Lipinski definition) is 0. The molecule has 0 saturated carbocycles. The second-order valence-electron chi connectivity index (χ2n) is 8.58. The molecule has 1 aromatic carbocycles. The molecule has 0 aliphatic carbocycles. The second-order valence-corrected chi connectivity index (χ2v) is 10.3. The standard InChI is InChI=1S/C25H23N5O2S2/c31-22-14-19(28-8-10-29(11-9-28)25(32)24-27-7-12-33-24)15-30(22)18-4-1-3-17(13-18)21-16-34-23-20(21)5-2-6-26-23/h1-7,12-13,16,19H,8-11,14-15H2. The molecule has 0 bridgehead atoms. The normalized spacial score (nSPS) is 19.3. The number of pyridine rings is 1. The summed E-state index contributed by atoms with van der Waals surface area (Å²) in [4.78, 5) is 41.3. The largest absolute Gasteiger partial charge is 0.334 e. The Morgan fingerprint density at radius 2 is 1.88 bits per heavy atom. The number of carbonyl (C=O) groups excluding carboxylic acids is 2. The van der Waals surface area contributed by atoms with Gasteiger partial charge in [0.2, 0.25) is 5.91 Å². The van der Waals surface area contributed by atoms with E-state index in [1.807, 2.05) is 39.6 Å². The predicted molar refractivity (Wildman–Crippen MR) is 135 cm³/mol. The van der Waals surface area contributed by atoms with Crippen molar-refractivity contribution in [3.63, 3.8) is 0 Å². The number of fused-ring (bicyclic) bond motifs is 1. The van der Waals surface area contributed by atoms with Gasteiger partial charge in [-0.05, 0) is 29.8 Å². The molecule has 2 aliphatic heterocycles. The molecule has 2 saturated heterocycles. The van der Waals surface area contributed by atoms with E-state index in [2.05, 4.69) is 38.4 Å². The Labute approximate surface area is 205 Å². The third kappa shape index (κ3) is 3.89. The van der Waals surface area contributed by atoms with Gasteiger partial charge < -0.3 is 9.80 Å². The summed E-state index contributed by atoms with van der Waals surface area (Å²) in [6, 6.07) is 12.5. The number of thiophene rings is 1.